The van der Waals surface area contributed by atoms with Crippen LogP contribution >= 0.6 is 23.2 Å². The van der Waals surface area contributed by atoms with Gasteiger partial charge < -0.3 is 9.84 Å². The molecule has 0 bridgehead atoms. The van der Waals surface area contributed by atoms with E-state index in [0.717, 1.165) is 9.80 Å². The number of amides is 4. The van der Waals surface area contributed by atoms with Crippen LogP contribution in [0.3, 0.4) is 0 Å². The van der Waals surface area contributed by atoms with Gasteiger partial charge in [0.1, 0.15) is 0 Å². The number of Topliss-reactive ketones (excluding diaryl/α,β-unsaturated/α-hetero) is 1. The summed E-state index contributed by atoms with van der Waals surface area (Å²) in [7, 11) is 2.76. The van der Waals surface area contributed by atoms with E-state index in [1.165, 1.54) is 27.1 Å². The predicted molar refractivity (Wildman–Crippen MR) is 159 cm³/mol. The van der Waals surface area contributed by atoms with Gasteiger partial charge in [-0.05, 0) is 67.6 Å². The molecule has 6 unspecified atom stereocenters. The van der Waals surface area contributed by atoms with Gasteiger partial charge in [0.25, 0.3) is 11.8 Å². The second-order valence-corrected chi connectivity index (χ2v) is 12.7. The minimum absolute atomic E-state index is 0.0462. The Kier molecular flexibility index (Phi) is 6.82. The molecular weight excluding hydrogens is 595 g/mol. The minimum Gasteiger partial charge on any atom is -0.504 e. The van der Waals surface area contributed by atoms with Crippen molar-refractivity contribution in [3.63, 3.8) is 0 Å². The molecule has 4 aliphatic rings. The first-order chi connectivity index (χ1) is 20.3. The average Bonchev–Trinajstić information content (AvgIpc) is 3.32. The number of hydrogen-bond donors (Lipinski definition) is 1. The van der Waals surface area contributed by atoms with Crippen molar-refractivity contribution in [1.82, 2.24) is 4.90 Å². The van der Waals surface area contributed by atoms with Crippen LogP contribution in [-0.4, -0.2) is 63.3 Å². The molecule has 9 nitrogen and oxygen atoms in total. The number of imide groups is 2. The van der Waals surface area contributed by atoms with Crippen LogP contribution in [0.2, 0.25) is 0 Å². The summed E-state index contributed by atoms with van der Waals surface area (Å²) in [6.45, 7) is 1.43. The third-order valence-corrected chi connectivity index (χ3v) is 10.7. The van der Waals surface area contributed by atoms with Gasteiger partial charge in [-0.25, -0.2) is 0 Å². The molecule has 1 saturated carbocycles. The summed E-state index contributed by atoms with van der Waals surface area (Å²) in [5, 5.41) is 10.0. The molecule has 4 amide bonds. The number of phenols is 1. The van der Waals surface area contributed by atoms with Gasteiger partial charge in [-0.1, -0.05) is 29.9 Å². The SMILES string of the molecule is COc1cc(C=CC2C3=CCC4C(=O)N(c5ccc(C(C)=O)cc5)C(=O)C4C3CC3(Cl)C(=O)N(C)C(=O)C23Cl)ccc1O. The number of methoxy groups -OCH3 is 1. The van der Waals surface area contributed by atoms with Gasteiger partial charge in [0, 0.05) is 18.5 Å². The summed E-state index contributed by atoms with van der Waals surface area (Å²) < 4.78 is 5.21. The first-order valence-corrected chi connectivity index (χ1v) is 14.5. The highest BCUT2D eigenvalue weighted by atomic mass is 35.5. The summed E-state index contributed by atoms with van der Waals surface area (Å²) in [5.41, 5.74) is 2.10. The zero-order valence-electron chi connectivity index (χ0n) is 23.5. The van der Waals surface area contributed by atoms with E-state index in [9.17, 15) is 29.1 Å². The van der Waals surface area contributed by atoms with Crippen LogP contribution in [0.4, 0.5) is 5.69 Å². The van der Waals surface area contributed by atoms with Crippen molar-refractivity contribution in [2.45, 2.75) is 29.5 Å². The molecule has 6 rings (SSSR count). The van der Waals surface area contributed by atoms with Crippen molar-refractivity contribution in [2.24, 2.45) is 23.7 Å². The summed E-state index contributed by atoms with van der Waals surface area (Å²) in [5.74, 6) is -5.10. The van der Waals surface area contributed by atoms with Crippen molar-refractivity contribution in [3.8, 4) is 11.5 Å². The Bertz CT molecular complexity index is 1670. The Morgan fingerprint density at radius 1 is 1.02 bits per heavy atom. The summed E-state index contributed by atoms with van der Waals surface area (Å²) >= 11 is 14.3. The number of carbonyl (C=O) groups excluding carboxylic acids is 5. The van der Waals surface area contributed by atoms with Crippen LogP contribution in [0.15, 0.2) is 60.2 Å². The zero-order valence-corrected chi connectivity index (χ0v) is 25.1. The lowest BCUT2D eigenvalue weighted by molar-refractivity contribution is -0.138. The van der Waals surface area contributed by atoms with E-state index in [4.69, 9.17) is 27.9 Å². The number of alkyl halides is 2. The van der Waals surface area contributed by atoms with E-state index < -0.39 is 51.1 Å². The highest BCUT2D eigenvalue weighted by molar-refractivity contribution is 6.53. The number of likely N-dealkylation sites (tertiary alicyclic amines) is 1. The lowest BCUT2D eigenvalue weighted by Crippen LogP contribution is -2.60. The molecule has 2 saturated heterocycles. The van der Waals surface area contributed by atoms with Gasteiger partial charge in [0.15, 0.2) is 27.0 Å². The number of nitrogens with zero attached hydrogens (tertiary/aromatic N) is 2. The van der Waals surface area contributed by atoms with E-state index in [1.807, 2.05) is 6.08 Å². The summed E-state index contributed by atoms with van der Waals surface area (Å²) in [6, 6.07) is 11.0. The number of aromatic hydroxyl groups is 1. The van der Waals surface area contributed by atoms with Crippen LogP contribution in [0.5, 0.6) is 11.5 Å². The molecule has 3 fully saturated rings. The maximum Gasteiger partial charge on any atom is 0.253 e. The van der Waals surface area contributed by atoms with Gasteiger partial charge in [0.05, 0.1) is 24.6 Å². The molecule has 6 atom stereocenters. The average molecular weight is 623 g/mol. The highest BCUT2D eigenvalue weighted by Crippen LogP contribution is 2.63. The highest BCUT2D eigenvalue weighted by Gasteiger charge is 2.75. The molecule has 0 radical (unpaired) electrons. The number of phenolic OH excluding ortho intramolecular Hbond substituents is 1. The fraction of sp³-hybridized carbons (Fsp3) is 0.344. The molecule has 2 aromatic rings. The molecule has 2 aliphatic heterocycles. The Hall–Kier alpha value is -3.95. The number of carbonyl (C=O) groups is 5. The number of anilines is 1. The number of allylic oxidation sites excluding steroid dienone is 3. The fourth-order valence-electron chi connectivity index (χ4n) is 7.10. The lowest BCUT2D eigenvalue weighted by Gasteiger charge is -2.49. The molecule has 0 aromatic heterocycles. The molecular formula is C32H28Cl2N2O7. The summed E-state index contributed by atoms with van der Waals surface area (Å²) in [4.78, 5) is 64.8. The molecule has 222 valence electrons. The first-order valence-electron chi connectivity index (χ1n) is 13.8. The van der Waals surface area contributed by atoms with Crippen molar-refractivity contribution in [1.29, 1.82) is 0 Å². The lowest BCUT2D eigenvalue weighted by atomic mass is 9.57. The molecule has 0 spiro atoms. The third kappa shape index (κ3) is 4.01. The predicted octanol–water partition coefficient (Wildman–Crippen LogP) is 4.34. The molecule has 2 heterocycles. The van der Waals surface area contributed by atoms with Crippen LogP contribution in [0.25, 0.3) is 6.08 Å². The maximum atomic E-state index is 14.0. The van der Waals surface area contributed by atoms with E-state index >= 15 is 0 Å². The molecule has 1 N–H and O–H groups in total. The standard InChI is InChI=1S/C32H28Cl2N2O7/c1-16(37)18-6-8-19(9-7-18)36-27(39)21-11-10-20-22(26(21)28(36)40)15-31(33)29(41)35(2)30(42)32(31,34)23(20)12-4-17-5-13-24(38)25(14-17)43-3/h4-10,12-14,21-23,26,38H,11,15H2,1-3H3. The fourth-order valence-corrected chi connectivity index (χ4v) is 8.07. The van der Waals surface area contributed by atoms with Crippen LogP contribution in [-0.2, 0) is 19.2 Å². The Morgan fingerprint density at radius 3 is 2.37 bits per heavy atom. The smallest absolute Gasteiger partial charge is 0.253 e. The number of ether oxygens (including phenoxy) is 1. The topological polar surface area (TPSA) is 121 Å². The van der Waals surface area contributed by atoms with Crippen LogP contribution < -0.4 is 9.64 Å². The largest absolute Gasteiger partial charge is 0.504 e. The van der Waals surface area contributed by atoms with Crippen LogP contribution in [0, 0.1) is 23.7 Å². The van der Waals surface area contributed by atoms with Gasteiger partial charge >= 0.3 is 0 Å². The van der Waals surface area contributed by atoms with Crippen LogP contribution in [0.1, 0.15) is 35.7 Å². The number of halogens is 2. The molecule has 2 aliphatic carbocycles. The van der Waals surface area contributed by atoms with Gasteiger partial charge in [-0.2, -0.15) is 0 Å². The van der Waals surface area contributed by atoms with E-state index in [-0.39, 0.29) is 36.0 Å². The first kappa shape index (κ1) is 29.1. The Balaban J connectivity index is 1.43. The maximum absolute atomic E-state index is 14.0. The van der Waals surface area contributed by atoms with E-state index in [2.05, 4.69) is 0 Å². The number of fused-ring (bicyclic) bond motifs is 4. The van der Waals surface area contributed by atoms with Crippen molar-refractivity contribution in [2.75, 3.05) is 19.1 Å². The normalized spacial score (nSPS) is 31.7. The van der Waals surface area contributed by atoms with Crippen molar-refractivity contribution < 1.29 is 33.8 Å². The van der Waals surface area contributed by atoms with Gasteiger partial charge in [0.2, 0.25) is 11.8 Å². The number of rotatable bonds is 5. The molecule has 43 heavy (non-hydrogen) atoms. The van der Waals surface area contributed by atoms with Crippen molar-refractivity contribution >= 4 is 64.4 Å². The Morgan fingerprint density at radius 2 is 1.72 bits per heavy atom. The monoisotopic (exact) mass is 622 g/mol. The van der Waals surface area contributed by atoms with E-state index in [0.29, 0.717) is 22.4 Å². The van der Waals surface area contributed by atoms with Crippen molar-refractivity contribution in [3.05, 3.63) is 71.3 Å². The third-order valence-electron chi connectivity index (χ3n) is 9.29. The molecule has 11 heteroatoms. The zero-order chi connectivity index (χ0) is 31.0. The minimum atomic E-state index is -1.87. The molecule has 2 aromatic carbocycles. The van der Waals surface area contributed by atoms with Gasteiger partial charge in [-0.3, -0.25) is 33.8 Å². The quantitative estimate of drug-likeness (QED) is 0.228. The Labute approximate surface area is 257 Å². The number of benzene rings is 2. The number of hydrogen-bond acceptors (Lipinski definition) is 7. The second-order valence-electron chi connectivity index (χ2n) is 11.4. The second kappa shape index (κ2) is 10.1. The van der Waals surface area contributed by atoms with E-state index in [1.54, 1.807) is 48.6 Å². The number of ketones is 1. The summed E-state index contributed by atoms with van der Waals surface area (Å²) in [6.07, 6.45) is 5.37. The van der Waals surface area contributed by atoms with Gasteiger partial charge in [-0.15, -0.1) is 23.2 Å².